The fourth-order valence-electron chi connectivity index (χ4n) is 2.55. The largest absolute Gasteiger partial charge is 0.396 e. The minimum Gasteiger partial charge on any atom is -0.396 e. The van der Waals surface area contributed by atoms with Crippen molar-refractivity contribution in [3.63, 3.8) is 0 Å². The van der Waals surface area contributed by atoms with Gasteiger partial charge in [0.15, 0.2) is 0 Å². The summed E-state index contributed by atoms with van der Waals surface area (Å²) in [6, 6.07) is 4.08. The normalized spacial score (nSPS) is 19.0. The summed E-state index contributed by atoms with van der Waals surface area (Å²) in [4.78, 5) is 10.8. The third-order valence-electron chi connectivity index (χ3n) is 3.44. The van der Waals surface area contributed by atoms with Crippen LogP contribution in [0, 0.1) is 0 Å². The predicted molar refractivity (Wildman–Crippen MR) is 70.7 cm³/mol. The number of hydrogen-bond donors (Lipinski definition) is 2. The van der Waals surface area contributed by atoms with Crippen molar-refractivity contribution in [2.75, 3.05) is 18.1 Å². The molecule has 2 N–H and O–H groups in total. The van der Waals surface area contributed by atoms with Crippen LogP contribution in [0.2, 0.25) is 0 Å². The van der Waals surface area contributed by atoms with Crippen LogP contribution in [-0.4, -0.2) is 38.4 Å². The van der Waals surface area contributed by atoms with Crippen LogP contribution >= 0.6 is 0 Å². The fourth-order valence-corrected chi connectivity index (χ4v) is 2.55. The minimum absolute atomic E-state index is 0.137. The molecule has 1 aliphatic heterocycles. The first-order valence-electron chi connectivity index (χ1n) is 6.57. The maximum absolute atomic E-state index is 8.95. The predicted octanol–water partition coefficient (Wildman–Crippen LogP) is 1.08. The molecule has 1 fully saturated rings. The molecule has 19 heavy (non-hydrogen) atoms. The second kappa shape index (κ2) is 5.36. The third kappa shape index (κ3) is 2.44. The van der Waals surface area contributed by atoms with Crippen molar-refractivity contribution in [2.24, 2.45) is 0 Å². The highest BCUT2D eigenvalue weighted by molar-refractivity contribution is 5.36. The summed E-state index contributed by atoms with van der Waals surface area (Å²) in [5, 5.41) is 16.3. The lowest BCUT2D eigenvalue weighted by atomic mass is 10.1. The Kier molecular flexibility index (Phi) is 3.41. The molecule has 1 atom stereocenters. The van der Waals surface area contributed by atoms with E-state index in [1.807, 2.05) is 12.1 Å². The Bertz CT molecular complexity index is 527. The number of nitrogens with one attached hydrogen (secondary N) is 1. The van der Waals surface area contributed by atoms with Gasteiger partial charge >= 0.3 is 0 Å². The van der Waals surface area contributed by atoms with E-state index in [0.29, 0.717) is 6.42 Å². The molecule has 2 aromatic rings. The molecular formula is C13H17N5O. The van der Waals surface area contributed by atoms with E-state index in [0.717, 1.165) is 36.7 Å². The first-order valence-corrected chi connectivity index (χ1v) is 6.57. The topological polar surface area (TPSA) is 77.9 Å². The molecule has 1 saturated heterocycles. The van der Waals surface area contributed by atoms with Gasteiger partial charge in [0.1, 0.15) is 0 Å². The second-order valence-corrected chi connectivity index (χ2v) is 4.69. The molecule has 3 rings (SSSR count). The van der Waals surface area contributed by atoms with Crippen LogP contribution in [0.15, 0.2) is 24.5 Å². The average Bonchev–Trinajstić information content (AvgIpc) is 3.08. The molecule has 0 amide bonds. The number of hydrogen-bond acceptors (Lipinski definition) is 5. The molecule has 6 heteroatoms. The van der Waals surface area contributed by atoms with E-state index >= 15 is 0 Å². The van der Waals surface area contributed by atoms with E-state index < -0.39 is 0 Å². The molecule has 0 aromatic carbocycles. The number of rotatable bonds is 4. The van der Waals surface area contributed by atoms with E-state index in [-0.39, 0.29) is 12.6 Å². The lowest BCUT2D eigenvalue weighted by Crippen LogP contribution is -2.24. The number of nitrogens with zero attached hydrogens (tertiary/aromatic N) is 4. The molecule has 0 spiro atoms. The van der Waals surface area contributed by atoms with Gasteiger partial charge in [-0.1, -0.05) is 0 Å². The zero-order chi connectivity index (χ0) is 13.1. The van der Waals surface area contributed by atoms with Crippen LogP contribution in [-0.2, 0) is 6.42 Å². The molecule has 2 aromatic heterocycles. The third-order valence-corrected chi connectivity index (χ3v) is 3.44. The smallest absolute Gasteiger partial charge is 0.225 e. The van der Waals surface area contributed by atoms with Crippen molar-refractivity contribution in [3.8, 4) is 0 Å². The zero-order valence-electron chi connectivity index (χ0n) is 10.7. The number of H-pyrrole nitrogens is 1. The summed E-state index contributed by atoms with van der Waals surface area (Å²) in [5.41, 5.74) is 1.98. The highest BCUT2D eigenvalue weighted by Crippen LogP contribution is 2.33. The van der Waals surface area contributed by atoms with E-state index in [2.05, 4.69) is 25.1 Å². The number of aromatic amines is 1. The van der Waals surface area contributed by atoms with Crippen LogP contribution in [0.25, 0.3) is 0 Å². The molecule has 0 aliphatic carbocycles. The maximum atomic E-state index is 8.95. The quantitative estimate of drug-likeness (QED) is 0.859. The summed E-state index contributed by atoms with van der Waals surface area (Å²) in [7, 11) is 0. The molecule has 3 heterocycles. The summed E-state index contributed by atoms with van der Waals surface area (Å²) in [6.45, 7) is 1.09. The Balaban J connectivity index is 1.82. The number of aromatic nitrogens is 4. The molecular weight excluding hydrogens is 242 g/mol. The van der Waals surface area contributed by atoms with Crippen LogP contribution < -0.4 is 4.90 Å². The fraction of sp³-hybridized carbons (Fsp3) is 0.462. The molecule has 0 radical (unpaired) electrons. The van der Waals surface area contributed by atoms with Crippen LogP contribution in [0.4, 0.5) is 5.95 Å². The lowest BCUT2D eigenvalue weighted by molar-refractivity contribution is 0.298. The van der Waals surface area contributed by atoms with Gasteiger partial charge < -0.3 is 10.0 Å². The van der Waals surface area contributed by atoms with Gasteiger partial charge in [0.05, 0.1) is 11.7 Å². The monoisotopic (exact) mass is 259 g/mol. The van der Waals surface area contributed by atoms with Gasteiger partial charge in [-0.2, -0.15) is 5.10 Å². The highest BCUT2D eigenvalue weighted by atomic mass is 16.3. The standard InChI is InChI=1S/C13H17N5O/c19-8-4-10-9-11(17-16-10)12-3-1-7-18(12)13-14-5-2-6-15-13/h2,5-6,9,12,19H,1,3-4,7-8H2,(H,16,17)/t12-/m1/s1. The first kappa shape index (κ1) is 12.1. The second-order valence-electron chi connectivity index (χ2n) is 4.69. The molecule has 100 valence electrons. The Labute approximate surface area is 111 Å². The van der Waals surface area contributed by atoms with Gasteiger partial charge in [-0.05, 0) is 25.0 Å². The van der Waals surface area contributed by atoms with Crippen molar-refractivity contribution < 1.29 is 5.11 Å². The van der Waals surface area contributed by atoms with Crippen molar-refractivity contribution in [3.05, 3.63) is 35.9 Å². The number of anilines is 1. The SMILES string of the molecule is OCCc1cc([C@H]2CCCN2c2ncccn2)n[nH]1. The average molecular weight is 259 g/mol. The summed E-state index contributed by atoms with van der Waals surface area (Å²) >= 11 is 0. The Morgan fingerprint density at radius 3 is 3.00 bits per heavy atom. The van der Waals surface area contributed by atoms with Crippen LogP contribution in [0.5, 0.6) is 0 Å². The number of aliphatic hydroxyl groups is 1. The first-order chi connectivity index (χ1) is 9.38. The zero-order valence-corrected chi connectivity index (χ0v) is 10.7. The minimum atomic E-state index is 0.137. The molecule has 0 saturated carbocycles. The van der Waals surface area contributed by atoms with Crippen molar-refractivity contribution in [1.82, 2.24) is 20.2 Å². The Morgan fingerprint density at radius 2 is 2.21 bits per heavy atom. The molecule has 0 bridgehead atoms. The van der Waals surface area contributed by atoms with Gasteiger partial charge in [-0.25, -0.2) is 9.97 Å². The van der Waals surface area contributed by atoms with Gasteiger partial charge in [0, 0.05) is 37.7 Å². The van der Waals surface area contributed by atoms with Gasteiger partial charge in [-0.3, -0.25) is 5.10 Å². The number of aliphatic hydroxyl groups excluding tert-OH is 1. The Morgan fingerprint density at radius 1 is 1.37 bits per heavy atom. The van der Waals surface area contributed by atoms with Crippen LogP contribution in [0.3, 0.4) is 0 Å². The summed E-state index contributed by atoms with van der Waals surface area (Å²) in [6.07, 6.45) is 6.31. The van der Waals surface area contributed by atoms with E-state index in [1.54, 1.807) is 12.4 Å². The van der Waals surface area contributed by atoms with Crippen molar-refractivity contribution in [2.45, 2.75) is 25.3 Å². The van der Waals surface area contributed by atoms with Gasteiger partial charge in [-0.15, -0.1) is 0 Å². The molecule has 6 nitrogen and oxygen atoms in total. The van der Waals surface area contributed by atoms with Gasteiger partial charge in [0.25, 0.3) is 0 Å². The summed E-state index contributed by atoms with van der Waals surface area (Å²) < 4.78 is 0. The highest BCUT2D eigenvalue weighted by Gasteiger charge is 2.29. The van der Waals surface area contributed by atoms with Crippen LogP contribution in [0.1, 0.15) is 30.3 Å². The molecule has 0 unspecified atom stereocenters. The maximum Gasteiger partial charge on any atom is 0.225 e. The molecule has 1 aliphatic rings. The van der Waals surface area contributed by atoms with Crippen molar-refractivity contribution >= 4 is 5.95 Å². The summed E-state index contributed by atoms with van der Waals surface area (Å²) in [5.74, 6) is 0.761. The van der Waals surface area contributed by atoms with E-state index in [9.17, 15) is 0 Å². The van der Waals surface area contributed by atoms with Crippen molar-refractivity contribution in [1.29, 1.82) is 0 Å². The Hall–Kier alpha value is -1.95. The van der Waals surface area contributed by atoms with E-state index in [1.165, 1.54) is 0 Å². The van der Waals surface area contributed by atoms with Gasteiger partial charge in [0.2, 0.25) is 5.95 Å². The van der Waals surface area contributed by atoms with E-state index in [4.69, 9.17) is 5.11 Å². The lowest BCUT2D eigenvalue weighted by Gasteiger charge is -2.22.